The Hall–Kier alpha value is -1.82. The molecule has 2 aromatic carbocycles. The van der Waals surface area contributed by atoms with Crippen LogP contribution in [0.15, 0.2) is 54.6 Å². The van der Waals surface area contributed by atoms with E-state index in [4.69, 9.17) is 0 Å². The lowest BCUT2D eigenvalue weighted by Crippen LogP contribution is -2.04. The molecule has 1 atom stereocenters. The molecule has 0 aromatic heterocycles. The van der Waals surface area contributed by atoms with Gasteiger partial charge in [0.25, 0.3) is 0 Å². The van der Waals surface area contributed by atoms with Crippen molar-refractivity contribution in [2.24, 2.45) is 11.8 Å². The molecule has 138 valence electrons. The van der Waals surface area contributed by atoms with E-state index in [1.165, 1.54) is 67.2 Å². The van der Waals surface area contributed by atoms with Crippen molar-refractivity contribution in [2.45, 2.75) is 65.7 Å². The third-order valence-corrected chi connectivity index (χ3v) is 5.77. The highest BCUT2D eigenvalue weighted by atomic mass is 14.2. The molecule has 1 aliphatic rings. The minimum Gasteiger partial charge on any atom is -0.0804 e. The molecule has 26 heavy (non-hydrogen) atoms. The number of allylic oxidation sites excluding steroid dienone is 2. The Balaban J connectivity index is 1.64. The van der Waals surface area contributed by atoms with E-state index in [1.807, 2.05) is 0 Å². The first kappa shape index (κ1) is 19.0. The number of benzene rings is 2. The van der Waals surface area contributed by atoms with Crippen LogP contribution in [0.4, 0.5) is 0 Å². The molecule has 0 amide bonds. The average Bonchev–Trinajstić information content (AvgIpc) is 2.68. The molecule has 0 bridgehead atoms. The highest BCUT2D eigenvalue weighted by Crippen LogP contribution is 2.33. The molecule has 3 rings (SSSR count). The van der Waals surface area contributed by atoms with Crippen molar-refractivity contribution < 1.29 is 0 Å². The van der Waals surface area contributed by atoms with Gasteiger partial charge >= 0.3 is 0 Å². The molecule has 1 unspecified atom stereocenters. The summed E-state index contributed by atoms with van der Waals surface area (Å²) in [5, 5.41) is 0. The van der Waals surface area contributed by atoms with E-state index in [-0.39, 0.29) is 0 Å². The maximum absolute atomic E-state index is 2.49. The summed E-state index contributed by atoms with van der Waals surface area (Å²) in [6.07, 6.45) is 11.5. The second kappa shape index (κ2) is 9.21. The van der Waals surface area contributed by atoms with Gasteiger partial charge in [-0.05, 0) is 71.8 Å². The molecular formula is C26H34. The van der Waals surface area contributed by atoms with E-state index in [1.54, 1.807) is 5.57 Å². The summed E-state index contributed by atoms with van der Waals surface area (Å²) in [5.41, 5.74) is 7.06. The normalized spacial score (nSPS) is 17.4. The van der Waals surface area contributed by atoms with Gasteiger partial charge in [0.2, 0.25) is 0 Å². The largest absolute Gasteiger partial charge is 0.0804 e. The minimum absolute atomic E-state index is 0.772. The number of rotatable bonds is 7. The standard InChI is InChI=1S/C26H34/c1-4-5-21-8-12-23(13-9-21)25-16-18-26(19-17-25)24-14-10-22(11-15-24)7-6-20(2)3/h10-12,14-21H,4-9,13H2,1-3H3. The summed E-state index contributed by atoms with van der Waals surface area (Å²) >= 11 is 0. The van der Waals surface area contributed by atoms with Crippen molar-refractivity contribution in [1.29, 1.82) is 0 Å². The van der Waals surface area contributed by atoms with Gasteiger partial charge in [-0.3, -0.25) is 0 Å². The van der Waals surface area contributed by atoms with Crippen LogP contribution in [0, 0.1) is 11.8 Å². The summed E-state index contributed by atoms with van der Waals surface area (Å²) in [4.78, 5) is 0. The average molecular weight is 347 g/mol. The SMILES string of the molecule is CCCC1CC=C(c2ccc(-c3ccc(CCC(C)C)cc3)cc2)CC1. The Kier molecular flexibility index (Phi) is 6.72. The van der Waals surface area contributed by atoms with Crippen LogP contribution >= 0.6 is 0 Å². The van der Waals surface area contributed by atoms with Crippen LogP contribution in [0.1, 0.15) is 70.4 Å². The van der Waals surface area contributed by atoms with Crippen LogP contribution in [0.2, 0.25) is 0 Å². The van der Waals surface area contributed by atoms with E-state index in [2.05, 4.69) is 75.4 Å². The molecule has 0 saturated heterocycles. The van der Waals surface area contributed by atoms with Gasteiger partial charge in [0, 0.05) is 0 Å². The summed E-state index contributed by atoms with van der Waals surface area (Å²) in [5.74, 6) is 1.69. The zero-order valence-electron chi connectivity index (χ0n) is 16.8. The molecule has 0 saturated carbocycles. The van der Waals surface area contributed by atoms with E-state index in [0.717, 1.165) is 11.8 Å². The maximum atomic E-state index is 2.49. The summed E-state index contributed by atoms with van der Waals surface area (Å²) < 4.78 is 0. The lowest BCUT2D eigenvalue weighted by molar-refractivity contribution is 0.445. The fraction of sp³-hybridized carbons (Fsp3) is 0.462. The van der Waals surface area contributed by atoms with Gasteiger partial charge in [0.15, 0.2) is 0 Å². The van der Waals surface area contributed by atoms with Gasteiger partial charge in [0.1, 0.15) is 0 Å². The van der Waals surface area contributed by atoms with Crippen LogP contribution in [0.25, 0.3) is 16.7 Å². The van der Waals surface area contributed by atoms with Gasteiger partial charge in [-0.1, -0.05) is 88.2 Å². The van der Waals surface area contributed by atoms with Gasteiger partial charge < -0.3 is 0 Å². The number of aryl methyl sites for hydroxylation is 1. The lowest BCUT2D eigenvalue weighted by atomic mass is 9.84. The Morgan fingerprint density at radius 3 is 2.04 bits per heavy atom. The van der Waals surface area contributed by atoms with Gasteiger partial charge in [-0.25, -0.2) is 0 Å². The molecule has 0 nitrogen and oxygen atoms in total. The maximum Gasteiger partial charge on any atom is -0.0184 e. The fourth-order valence-corrected chi connectivity index (χ4v) is 4.02. The smallest absolute Gasteiger partial charge is 0.0184 e. The lowest BCUT2D eigenvalue weighted by Gasteiger charge is -2.21. The highest BCUT2D eigenvalue weighted by molar-refractivity contribution is 5.71. The first-order chi connectivity index (χ1) is 12.7. The summed E-state index contributed by atoms with van der Waals surface area (Å²) in [6.45, 7) is 6.89. The molecule has 0 fully saturated rings. The minimum atomic E-state index is 0.772. The summed E-state index contributed by atoms with van der Waals surface area (Å²) in [7, 11) is 0. The number of hydrogen-bond acceptors (Lipinski definition) is 0. The molecule has 0 heterocycles. The quantitative estimate of drug-likeness (QED) is 0.477. The fourth-order valence-electron chi connectivity index (χ4n) is 4.02. The molecule has 2 aromatic rings. The van der Waals surface area contributed by atoms with Crippen LogP contribution in [0.5, 0.6) is 0 Å². The first-order valence-electron chi connectivity index (χ1n) is 10.5. The van der Waals surface area contributed by atoms with Gasteiger partial charge in [0.05, 0.1) is 0 Å². The monoisotopic (exact) mass is 346 g/mol. The third kappa shape index (κ3) is 5.10. The second-order valence-electron chi connectivity index (χ2n) is 8.37. The van der Waals surface area contributed by atoms with Gasteiger partial charge in [-0.15, -0.1) is 0 Å². The van der Waals surface area contributed by atoms with Crippen molar-refractivity contribution in [3.63, 3.8) is 0 Å². The zero-order valence-corrected chi connectivity index (χ0v) is 16.8. The molecule has 0 radical (unpaired) electrons. The topological polar surface area (TPSA) is 0 Å². The van der Waals surface area contributed by atoms with Crippen molar-refractivity contribution in [3.05, 3.63) is 65.7 Å². The third-order valence-electron chi connectivity index (χ3n) is 5.77. The van der Waals surface area contributed by atoms with Crippen molar-refractivity contribution in [3.8, 4) is 11.1 Å². The predicted molar refractivity (Wildman–Crippen MR) is 115 cm³/mol. The van der Waals surface area contributed by atoms with Crippen LogP contribution in [0.3, 0.4) is 0 Å². The zero-order chi connectivity index (χ0) is 18.4. The van der Waals surface area contributed by atoms with Crippen molar-refractivity contribution in [2.75, 3.05) is 0 Å². The Bertz CT molecular complexity index is 701. The van der Waals surface area contributed by atoms with Crippen LogP contribution in [-0.2, 0) is 6.42 Å². The molecule has 1 aliphatic carbocycles. The molecule has 0 spiro atoms. The van der Waals surface area contributed by atoms with Crippen molar-refractivity contribution >= 4 is 5.57 Å². The molecule has 0 heteroatoms. The van der Waals surface area contributed by atoms with Gasteiger partial charge in [-0.2, -0.15) is 0 Å². The Labute approximate surface area is 160 Å². The predicted octanol–water partition coefficient (Wildman–Crippen LogP) is 7.93. The van der Waals surface area contributed by atoms with Crippen LogP contribution < -0.4 is 0 Å². The van der Waals surface area contributed by atoms with E-state index < -0.39 is 0 Å². The first-order valence-corrected chi connectivity index (χ1v) is 10.5. The van der Waals surface area contributed by atoms with Crippen molar-refractivity contribution in [1.82, 2.24) is 0 Å². The van der Waals surface area contributed by atoms with E-state index in [9.17, 15) is 0 Å². The Morgan fingerprint density at radius 1 is 0.885 bits per heavy atom. The Morgan fingerprint density at radius 2 is 1.50 bits per heavy atom. The highest BCUT2D eigenvalue weighted by Gasteiger charge is 2.14. The van der Waals surface area contributed by atoms with E-state index in [0.29, 0.717) is 0 Å². The molecule has 0 N–H and O–H groups in total. The summed E-state index contributed by atoms with van der Waals surface area (Å²) in [6, 6.07) is 18.4. The second-order valence-corrected chi connectivity index (χ2v) is 8.37. The number of hydrogen-bond donors (Lipinski definition) is 0. The molecule has 0 aliphatic heterocycles. The van der Waals surface area contributed by atoms with E-state index >= 15 is 0 Å². The molecular weight excluding hydrogens is 312 g/mol. The van der Waals surface area contributed by atoms with Crippen LogP contribution in [-0.4, -0.2) is 0 Å².